The molecular formula is C9H19NO2S. The highest BCUT2D eigenvalue weighted by molar-refractivity contribution is 7.81. The number of thiol groups is 1. The molecule has 13 heavy (non-hydrogen) atoms. The average Bonchev–Trinajstić information content (AvgIpc) is 1.97. The van der Waals surface area contributed by atoms with Crippen LogP contribution in [0.5, 0.6) is 0 Å². The first kappa shape index (κ1) is 12.8. The normalized spacial score (nSPS) is 14.0. The van der Waals surface area contributed by atoms with Crippen LogP contribution in [-0.2, 0) is 4.79 Å². The summed E-state index contributed by atoms with van der Waals surface area (Å²) in [5.41, 5.74) is -0.839. The van der Waals surface area contributed by atoms with Crippen molar-refractivity contribution < 1.29 is 9.90 Å². The molecule has 0 saturated heterocycles. The Kier molecular flexibility index (Phi) is 4.78. The van der Waals surface area contributed by atoms with Gasteiger partial charge in [0.25, 0.3) is 0 Å². The van der Waals surface area contributed by atoms with Crippen molar-refractivity contribution in [3.63, 3.8) is 0 Å². The molecule has 1 atom stereocenters. The van der Waals surface area contributed by atoms with Gasteiger partial charge in [-0.1, -0.05) is 0 Å². The first-order valence-electron chi connectivity index (χ1n) is 4.47. The Hall–Kier alpha value is -0.220. The van der Waals surface area contributed by atoms with Crippen LogP contribution >= 0.6 is 12.6 Å². The van der Waals surface area contributed by atoms with E-state index in [9.17, 15) is 9.90 Å². The molecular weight excluding hydrogens is 186 g/mol. The van der Waals surface area contributed by atoms with Crippen LogP contribution in [0.2, 0.25) is 0 Å². The van der Waals surface area contributed by atoms with Crippen molar-refractivity contribution in [1.82, 2.24) is 4.90 Å². The third-order valence-corrected chi connectivity index (χ3v) is 1.85. The molecule has 0 aromatic carbocycles. The third-order valence-electron chi connectivity index (χ3n) is 1.63. The van der Waals surface area contributed by atoms with Crippen molar-refractivity contribution >= 4 is 18.5 Å². The van der Waals surface area contributed by atoms with E-state index in [1.54, 1.807) is 25.7 Å². The number of aliphatic hydroxyl groups is 1. The summed E-state index contributed by atoms with van der Waals surface area (Å²) in [4.78, 5) is 13.1. The molecule has 0 fully saturated rings. The lowest BCUT2D eigenvalue weighted by Crippen LogP contribution is -2.44. The van der Waals surface area contributed by atoms with Crippen molar-refractivity contribution in [2.24, 2.45) is 0 Å². The highest BCUT2D eigenvalue weighted by Crippen LogP contribution is 2.08. The predicted octanol–water partition coefficient (Wildman–Crippen LogP) is 0.924. The summed E-state index contributed by atoms with van der Waals surface area (Å²) in [6, 6.07) is 0. The standard InChI is InChI=1S/C9H19NO2S/c1-5-10(6-9(3,4)12)8(11)7(2)13/h7,12-13H,5-6H2,1-4H3. The maximum Gasteiger partial charge on any atom is 0.235 e. The van der Waals surface area contributed by atoms with E-state index in [0.717, 1.165) is 0 Å². The van der Waals surface area contributed by atoms with E-state index in [2.05, 4.69) is 12.6 Å². The summed E-state index contributed by atoms with van der Waals surface area (Å²) in [7, 11) is 0. The number of hydrogen-bond acceptors (Lipinski definition) is 3. The van der Waals surface area contributed by atoms with Crippen LogP contribution in [0.15, 0.2) is 0 Å². The van der Waals surface area contributed by atoms with Crippen LogP contribution in [0.1, 0.15) is 27.7 Å². The zero-order valence-corrected chi connectivity index (χ0v) is 9.64. The van der Waals surface area contributed by atoms with Crippen LogP contribution in [0, 0.1) is 0 Å². The first-order chi connectivity index (χ1) is 5.78. The molecule has 0 aliphatic carbocycles. The van der Waals surface area contributed by atoms with Crippen molar-refractivity contribution in [3.8, 4) is 0 Å². The highest BCUT2D eigenvalue weighted by Gasteiger charge is 2.22. The topological polar surface area (TPSA) is 40.5 Å². The largest absolute Gasteiger partial charge is 0.389 e. The molecule has 0 bridgehead atoms. The van der Waals surface area contributed by atoms with E-state index in [1.165, 1.54) is 0 Å². The van der Waals surface area contributed by atoms with Gasteiger partial charge in [0, 0.05) is 13.1 Å². The minimum atomic E-state index is -0.839. The molecule has 0 spiro atoms. The van der Waals surface area contributed by atoms with Gasteiger partial charge in [0.2, 0.25) is 5.91 Å². The molecule has 4 heteroatoms. The van der Waals surface area contributed by atoms with Gasteiger partial charge in [-0.3, -0.25) is 4.79 Å². The lowest BCUT2D eigenvalue weighted by Gasteiger charge is -2.29. The van der Waals surface area contributed by atoms with Gasteiger partial charge in [0.05, 0.1) is 10.9 Å². The molecule has 0 radical (unpaired) electrons. The molecule has 0 aliphatic rings. The van der Waals surface area contributed by atoms with Gasteiger partial charge < -0.3 is 10.0 Å². The summed E-state index contributed by atoms with van der Waals surface area (Å²) < 4.78 is 0. The van der Waals surface area contributed by atoms with Gasteiger partial charge >= 0.3 is 0 Å². The number of amides is 1. The Morgan fingerprint density at radius 2 is 2.08 bits per heavy atom. The van der Waals surface area contributed by atoms with Gasteiger partial charge in [-0.25, -0.2) is 0 Å². The molecule has 0 rings (SSSR count). The SMILES string of the molecule is CCN(CC(C)(C)O)C(=O)C(C)S. The summed E-state index contributed by atoms with van der Waals surface area (Å²) in [5, 5.41) is 9.23. The van der Waals surface area contributed by atoms with Crippen LogP contribution in [0.3, 0.4) is 0 Å². The Bertz CT molecular complexity index is 175. The Labute approximate surface area is 85.5 Å². The fourth-order valence-electron chi connectivity index (χ4n) is 1.08. The highest BCUT2D eigenvalue weighted by atomic mass is 32.1. The molecule has 1 unspecified atom stereocenters. The number of nitrogens with zero attached hydrogens (tertiary/aromatic N) is 1. The van der Waals surface area contributed by atoms with E-state index in [-0.39, 0.29) is 11.2 Å². The monoisotopic (exact) mass is 205 g/mol. The summed E-state index contributed by atoms with van der Waals surface area (Å²) in [6.07, 6.45) is 0. The van der Waals surface area contributed by atoms with Gasteiger partial charge in [0.1, 0.15) is 0 Å². The molecule has 0 aromatic rings. The van der Waals surface area contributed by atoms with Crippen molar-refractivity contribution in [1.29, 1.82) is 0 Å². The maximum absolute atomic E-state index is 11.5. The first-order valence-corrected chi connectivity index (χ1v) is 4.99. The van der Waals surface area contributed by atoms with Crippen LogP contribution in [0.25, 0.3) is 0 Å². The maximum atomic E-state index is 11.5. The fourth-order valence-corrected chi connectivity index (χ4v) is 1.24. The molecule has 0 aliphatic heterocycles. The van der Waals surface area contributed by atoms with E-state index >= 15 is 0 Å². The van der Waals surface area contributed by atoms with Gasteiger partial charge in [0.15, 0.2) is 0 Å². The quantitative estimate of drug-likeness (QED) is 0.670. The minimum absolute atomic E-state index is 0.0343. The lowest BCUT2D eigenvalue weighted by atomic mass is 10.1. The molecule has 1 amide bonds. The van der Waals surface area contributed by atoms with Gasteiger partial charge in [-0.2, -0.15) is 12.6 Å². The van der Waals surface area contributed by atoms with Crippen LogP contribution in [-0.4, -0.2) is 39.9 Å². The zero-order chi connectivity index (χ0) is 10.6. The molecule has 3 nitrogen and oxygen atoms in total. The molecule has 0 aromatic heterocycles. The van der Waals surface area contributed by atoms with Gasteiger partial charge in [-0.15, -0.1) is 0 Å². The molecule has 78 valence electrons. The Balaban J connectivity index is 4.27. The number of rotatable bonds is 4. The van der Waals surface area contributed by atoms with Crippen molar-refractivity contribution in [3.05, 3.63) is 0 Å². The molecule has 1 N–H and O–H groups in total. The molecule has 0 saturated carbocycles. The number of likely N-dealkylation sites (N-methyl/N-ethyl adjacent to an activating group) is 1. The number of hydrogen-bond donors (Lipinski definition) is 2. The summed E-state index contributed by atoms with van der Waals surface area (Å²) >= 11 is 4.06. The second-order valence-corrected chi connectivity index (χ2v) is 4.62. The zero-order valence-electron chi connectivity index (χ0n) is 8.74. The predicted molar refractivity (Wildman–Crippen MR) is 57.0 cm³/mol. The fraction of sp³-hybridized carbons (Fsp3) is 0.889. The Morgan fingerprint density at radius 3 is 2.31 bits per heavy atom. The average molecular weight is 205 g/mol. The Morgan fingerprint density at radius 1 is 1.62 bits per heavy atom. The van der Waals surface area contributed by atoms with Crippen LogP contribution < -0.4 is 0 Å². The summed E-state index contributed by atoms with van der Waals surface area (Å²) in [6.45, 7) is 7.96. The molecule has 0 heterocycles. The second-order valence-electron chi connectivity index (χ2n) is 3.84. The lowest BCUT2D eigenvalue weighted by molar-refractivity contribution is -0.133. The number of carbonyl (C=O) groups excluding carboxylic acids is 1. The third kappa shape index (κ3) is 5.16. The summed E-state index contributed by atoms with van der Waals surface area (Å²) in [5.74, 6) is -0.0343. The van der Waals surface area contributed by atoms with Crippen molar-refractivity contribution in [2.45, 2.75) is 38.5 Å². The van der Waals surface area contributed by atoms with E-state index in [0.29, 0.717) is 13.1 Å². The van der Waals surface area contributed by atoms with Crippen LogP contribution in [0.4, 0.5) is 0 Å². The van der Waals surface area contributed by atoms with E-state index in [1.807, 2.05) is 6.92 Å². The smallest absolute Gasteiger partial charge is 0.235 e. The minimum Gasteiger partial charge on any atom is -0.389 e. The number of carbonyl (C=O) groups is 1. The van der Waals surface area contributed by atoms with E-state index in [4.69, 9.17) is 0 Å². The van der Waals surface area contributed by atoms with E-state index < -0.39 is 5.60 Å². The second kappa shape index (κ2) is 4.86. The van der Waals surface area contributed by atoms with Crippen molar-refractivity contribution in [2.75, 3.05) is 13.1 Å². The van der Waals surface area contributed by atoms with Gasteiger partial charge in [-0.05, 0) is 27.7 Å².